The molecule has 0 saturated carbocycles. The molecule has 0 aromatic carbocycles. The summed E-state index contributed by atoms with van der Waals surface area (Å²) in [6, 6.07) is 1.85. The summed E-state index contributed by atoms with van der Waals surface area (Å²) in [4.78, 5) is 18.8. The van der Waals surface area contributed by atoms with Crippen molar-refractivity contribution < 1.29 is 9.53 Å². The highest BCUT2D eigenvalue weighted by Gasteiger charge is 2.28. The van der Waals surface area contributed by atoms with Crippen LogP contribution in [0.25, 0.3) is 0 Å². The molecule has 1 aliphatic rings. The van der Waals surface area contributed by atoms with Crippen molar-refractivity contribution in [1.82, 2.24) is 9.88 Å². The number of nitrogens with zero attached hydrogens (tertiary/aromatic N) is 2. The van der Waals surface area contributed by atoms with E-state index in [1.807, 2.05) is 4.90 Å². The molecule has 0 bridgehead atoms. The highest BCUT2D eigenvalue weighted by Crippen LogP contribution is 2.22. The summed E-state index contributed by atoms with van der Waals surface area (Å²) in [5.41, 5.74) is 0.505. The zero-order valence-electron chi connectivity index (χ0n) is 12.6. The van der Waals surface area contributed by atoms with E-state index in [1.165, 1.54) is 6.20 Å². The molecular formula is C15H22ClN3O2. The van der Waals surface area contributed by atoms with Crippen LogP contribution in [0.2, 0.25) is 5.02 Å². The van der Waals surface area contributed by atoms with Crippen molar-refractivity contribution in [2.75, 3.05) is 31.6 Å². The number of morpholine rings is 1. The Morgan fingerprint density at radius 3 is 3.10 bits per heavy atom. The summed E-state index contributed by atoms with van der Waals surface area (Å²) in [6.45, 7) is 6.72. The Balaban J connectivity index is 2.20. The maximum Gasteiger partial charge on any atom is 0.255 e. The van der Waals surface area contributed by atoms with Crippen LogP contribution < -0.4 is 5.32 Å². The highest BCUT2D eigenvalue weighted by atomic mass is 35.5. The number of hydrogen-bond acceptors (Lipinski definition) is 4. The molecule has 1 aromatic heterocycles. The summed E-state index contributed by atoms with van der Waals surface area (Å²) in [5.74, 6) is 0.642. The number of anilines is 1. The third-order valence-electron chi connectivity index (χ3n) is 3.60. The van der Waals surface area contributed by atoms with Crippen LogP contribution in [0, 0.1) is 0 Å². The standard InChI is InChI=1S/C15H22ClN3O2/c1-3-5-17-14-8-12(13(16)9-18-14)15(20)19-6-7-21-10-11(19)4-2/h8-9,11H,3-7,10H2,1-2H3,(H,17,18). The topological polar surface area (TPSA) is 54.5 Å². The van der Waals surface area contributed by atoms with Gasteiger partial charge in [-0.15, -0.1) is 0 Å². The lowest BCUT2D eigenvalue weighted by atomic mass is 10.1. The van der Waals surface area contributed by atoms with Gasteiger partial charge in [0.25, 0.3) is 5.91 Å². The molecule has 2 rings (SSSR count). The molecule has 1 atom stereocenters. The first-order valence-electron chi connectivity index (χ1n) is 7.45. The van der Waals surface area contributed by atoms with Crippen LogP contribution in [0.3, 0.4) is 0 Å². The number of halogens is 1. The number of carbonyl (C=O) groups is 1. The zero-order valence-corrected chi connectivity index (χ0v) is 13.3. The maximum absolute atomic E-state index is 12.7. The summed E-state index contributed by atoms with van der Waals surface area (Å²) in [5, 5.41) is 3.57. The van der Waals surface area contributed by atoms with Gasteiger partial charge in [-0.1, -0.05) is 25.4 Å². The molecule has 2 heterocycles. The van der Waals surface area contributed by atoms with Crippen LogP contribution >= 0.6 is 11.6 Å². The van der Waals surface area contributed by atoms with E-state index in [1.54, 1.807) is 6.07 Å². The van der Waals surface area contributed by atoms with Crippen molar-refractivity contribution in [3.63, 3.8) is 0 Å². The third kappa shape index (κ3) is 3.86. The molecule has 0 aliphatic carbocycles. The summed E-state index contributed by atoms with van der Waals surface area (Å²) in [7, 11) is 0. The predicted molar refractivity (Wildman–Crippen MR) is 84.0 cm³/mol. The average molecular weight is 312 g/mol. The maximum atomic E-state index is 12.7. The van der Waals surface area contributed by atoms with Gasteiger partial charge in [-0.2, -0.15) is 0 Å². The second-order valence-corrected chi connectivity index (χ2v) is 5.52. The molecule has 21 heavy (non-hydrogen) atoms. The highest BCUT2D eigenvalue weighted by molar-refractivity contribution is 6.33. The molecule has 5 nitrogen and oxygen atoms in total. The van der Waals surface area contributed by atoms with Crippen molar-refractivity contribution in [3.8, 4) is 0 Å². The Kier molecular flexibility index (Phi) is 5.82. The Morgan fingerprint density at radius 2 is 2.38 bits per heavy atom. The second-order valence-electron chi connectivity index (χ2n) is 5.11. The number of ether oxygens (including phenoxy) is 1. The molecule has 1 aromatic rings. The van der Waals surface area contributed by atoms with Gasteiger partial charge in [-0.05, 0) is 18.9 Å². The van der Waals surface area contributed by atoms with Crippen LogP contribution in [-0.4, -0.2) is 48.1 Å². The van der Waals surface area contributed by atoms with Gasteiger partial charge < -0.3 is 15.0 Å². The molecule has 1 unspecified atom stereocenters. The zero-order chi connectivity index (χ0) is 15.2. The van der Waals surface area contributed by atoms with E-state index < -0.39 is 0 Å². The van der Waals surface area contributed by atoms with Gasteiger partial charge in [0, 0.05) is 19.3 Å². The van der Waals surface area contributed by atoms with E-state index in [2.05, 4.69) is 24.1 Å². The Labute approximate surface area is 130 Å². The summed E-state index contributed by atoms with van der Waals surface area (Å²) in [6.07, 6.45) is 3.40. The van der Waals surface area contributed by atoms with Crippen LogP contribution in [-0.2, 0) is 4.74 Å². The number of hydrogen-bond donors (Lipinski definition) is 1. The Hall–Kier alpha value is -1.33. The van der Waals surface area contributed by atoms with Gasteiger partial charge in [0.2, 0.25) is 0 Å². The minimum atomic E-state index is -0.0444. The second kappa shape index (κ2) is 7.61. The van der Waals surface area contributed by atoms with Crippen molar-refractivity contribution >= 4 is 23.3 Å². The SMILES string of the molecule is CCCNc1cc(C(=O)N2CCOCC2CC)c(Cl)cn1. The fourth-order valence-corrected chi connectivity index (χ4v) is 2.55. The van der Waals surface area contributed by atoms with Crippen LogP contribution in [0.15, 0.2) is 12.3 Å². The Bertz CT molecular complexity index is 496. The molecule has 6 heteroatoms. The fraction of sp³-hybridized carbons (Fsp3) is 0.600. The van der Waals surface area contributed by atoms with Gasteiger partial charge >= 0.3 is 0 Å². The molecule has 1 fully saturated rings. The molecule has 1 N–H and O–H groups in total. The average Bonchev–Trinajstić information content (AvgIpc) is 2.53. The monoisotopic (exact) mass is 311 g/mol. The van der Waals surface area contributed by atoms with Gasteiger partial charge in [0.1, 0.15) is 5.82 Å². The molecule has 1 aliphatic heterocycles. The molecule has 1 saturated heterocycles. The number of aromatic nitrogens is 1. The largest absolute Gasteiger partial charge is 0.377 e. The first-order valence-corrected chi connectivity index (χ1v) is 7.83. The van der Waals surface area contributed by atoms with Gasteiger partial charge in [0.05, 0.1) is 29.8 Å². The van der Waals surface area contributed by atoms with Gasteiger partial charge in [0.15, 0.2) is 0 Å². The number of rotatable bonds is 5. The minimum Gasteiger partial charge on any atom is -0.377 e. The van der Waals surface area contributed by atoms with Crippen molar-refractivity contribution in [2.45, 2.75) is 32.7 Å². The predicted octanol–water partition coefficient (Wildman–Crippen LogP) is 2.81. The first kappa shape index (κ1) is 16.0. The number of nitrogens with one attached hydrogen (secondary N) is 1. The molecule has 0 radical (unpaired) electrons. The number of carbonyl (C=O) groups excluding carboxylic acids is 1. The first-order chi connectivity index (χ1) is 10.2. The lowest BCUT2D eigenvalue weighted by Crippen LogP contribution is -2.48. The minimum absolute atomic E-state index is 0.0444. The van der Waals surface area contributed by atoms with E-state index in [0.717, 1.165) is 19.4 Å². The van der Waals surface area contributed by atoms with Crippen molar-refractivity contribution in [1.29, 1.82) is 0 Å². The van der Waals surface area contributed by atoms with Crippen molar-refractivity contribution in [3.05, 3.63) is 22.8 Å². The van der Waals surface area contributed by atoms with Gasteiger partial charge in [-0.25, -0.2) is 4.98 Å². The third-order valence-corrected chi connectivity index (χ3v) is 3.90. The molecule has 116 valence electrons. The molecule has 1 amide bonds. The lowest BCUT2D eigenvalue weighted by molar-refractivity contribution is -0.00279. The molecule has 0 spiro atoms. The summed E-state index contributed by atoms with van der Waals surface area (Å²) >= 11 is 6.17. The Morgan fingerprint density at radius 1 is 1.57 bits per heavy atom. The number of amides is 1. The summed E-state index contributed by atoms with van der Waals surface area (Å²) < 4.78 is 5.44. The van der Waals surface area contributed by atoms with E-state index >= 15 is 0 Å². The van der Waals surface area contributed by atoms with Crippen LogP contribution in [0.5, 0.6) is 0 Å². The van der Waals surface area contributed by atoms with Gasteiger partial charge in [-0.3, -0.25) is 4.79 Å². The quantitative estimate of drug-likeness (QED) is 0.908. The van der Waals surface area contributed by atoms with Crippen LogP contribution in [0.4, 0.5) is 5.82 Å². The lowest BCUT2D eigenvalue weighted by Gasteiger charge is -2.35. The van der Waals surface area contributed by atoms with E-state index in [4.69, 9.17) is 16.3 Å². The van der Waals surface area contributed by atoms with E-state index in [-0.39, 0.29) is 11.9 Å². The van der Waals surface area contributed by atoms with E-state index in [0.29, 0.717) is 36.2 Å². The van der Waals surface area contributed by atoms with Crippen LogP contribution in [0.1, 0.15) is 37.0 Å². The van der Waals surface area contributed by atoms with E-state index in [9.17, 15) is 4.79 Å². The van der Waals surface area contributed by atoms with Crippen molar-refractivity contribution in [2.24, 2.45) is 0 Å². The molecular weight excluding hydrogens is 290 g/mol. The smallest absolute Gasteiger partial charge is 0.255 e. The normalized spacial score (nSPS) is 18.6. The number of pyridine rings is 1. The fourth-order valence-electron chi connectivity index (χ4n) is 2.37.